The monoisotopic (exact) mass is 187 g/mol. The van der Waals surface area contributed by atoms with Gasteiger partial charge in [0, 0.05) is 26.3 Å². The minimum atomic E-state index is 0.261. The van der Waals surface area contributed by atoms with Gasteiger partial charge in [-0.2, -0.15) is 0 Å². The van der Waals surface area contributed by atoms with Crippen LogP contribution in [0, 0.1) is 11.8 Å². The number of hydrogen-bond acceptors (Lipinski definition) is 3. The van der Waals surface area contributed by atoms with Crippen LogP contribution in [0.2, 0.25) is 0 Å². The number of aliphatic hydroxyl groups is 1. The summed E-state index contributed by atoms with van der Waals surface area (Å²) in [6.45, 7) is 3.99. The van der Waals surface area contributed by atoms with E-state index in [1.165, 1.54) is 12.8 Å². The average molecular weight is 187 g/mol. The van der Waals surface area contributed by atoms with Crippen molar-refractivity contribution in [3.63, 3.8) is 0 Å². The molecule has 2 N–H and O–H groups in total. The van der Waals surface area contributed by atoms with Gasteiger partial charge in [0.15, 0.2) is 0 Å². The predicted molar refractivity (Wildman–Crippen MR) is 52.6 cm³/mol. The number of aliphatic hydroxyl groups excluding tert-OH is 1. The lowest BCUT2D eigenvalue weighted by Crippen LogP contribution is -2.38. The van der Waals surface area contributed by atoms with E-state index >= 15 is 0 Å². The minimum Gasteiger partial charge on any atom is -0.396 e. The van der Waals surface area contributed by atoms with Crippen LogP contribution in [0.25, 0.3) is 0 Å². The predicted octanol–water partition coefficient (Wildman–Crippen LogP) is 0.629. The first kappa shape index (κ1) is 11.0. The van der Waals surface area contributed by atoms with Crippen LogP contribution in [0.5, 0.6) is 0 Å². The molecule has 0 radical (unpaired) electrons. The first-order chi connectivity index (χ1) is 6.27. The van der Waals surface area contributed by atoms with Gasteiger partial charge in [0.1, 0.15) is 0 Å². The van der Waals surface area contributed by atoms with Crippen molar-refractivity contribution in [2.45, 2.75) is 25.8 Å². The average Bonchev–Trinajstić information content (AvgIpc) is 2.94. The second kappa shape index (κ2) is 5.58. The molecule has 1 rings (SSSR count). The molecule has 0 bridgehead atoms. The van der Waals surface area contributed by atoms with Crippen molar-refractivity contribution in [2.24, 2.45) is 11.8 Å². The molecule has 0 saturated heterocycles. The third-order valence-corrected chi connectivity index (χ3v) is 2.58. The number of methoxy groups -OCH3 is 1. The van der Waals surface area contributed by atoms with Crippen molar-refractivity contribution in [2.75, 3.05) is 26.9 Å². The molecule has 0 aromatic heterocycles. The van der Waals surface area contributed by atoms with Crippen molar-refractivity contribution >= 4 is 0 Å². The molecular weight excluding hydrogens is 166 g/mol. The Balaban J connectivity index is 2.14. The lowest BCUT2D eigenvalue weighted by Gasteiger charge is -2.19. The lowest BCUT2D eigenvalue weighted by atomic mass is 10.1. The Morgan fingerprint density at radius 3 is 2.69 bits per heavy atom. The molecule has 3 nitrogen and oxygen atoms in total. The molecule has 0 amide bonds. The standard InChI is InChI=1S/C10H21NO2/c1-8(6-12)5-11-10(7-13-2)9-3-4-9/h8-12H,3-7H2,1-2H3. The maximum Gasteiger partial charge on any atom is 0.0618 e. The summed E-state index contributed by atoms with van der Waals surface area (Å²) >= 11 is 0. The molecule has 1 saturated carbocycles. The SMILES string of the molecule is COCC(NCC(C)CO)C1CC1. The van der Waals surface area contributed by atoms with E-state index in [9.17, 15) is 0 Å². The summed E-state index contributed by atoms with van der Waals surface area (Å²) in [4.78, 5) is 0. The highest BCUT2D eigenvalue weighted by Gasteiger charge is 2.30. The molecule has 2 unspecified atom stereocenters. The summed E-state index contributed by atoms with van der Waals surface area (Å²) in [5.41, 5.74) is 0. The molecule has 1 aliphatic rings. The van der Waals surface area contributed by atoms with Crippen molar-refractivity contribution in [3.8, 4) is 0 Å². The van der Waals surface area contributed by atoms with Crippen LogP contribution >= 0.6 is 0 Å². The van der Waals surface area contributed by atoms with Gasteiger partial charge in [-0.25, -0.2) is 0 Å². The van der Waals surface area contributed by atoms with Crippen LogP contribution < -0.4 is 5.32 Å². The fourth-order valence-corrected chi connectivity index (χ4v) is 1.46. The van der Waals surface area contributed by atoms with Gasteiger partial charge in [-0.05, 0) is 24.7 Å². The first-order valence-corrected chi connectivity index (χ1v) is 5.11. The zero-order valence-electron chi connectivity index (χ0n) is 8.62. The van der Waals surface area contributed by atoms with E-state index in [4.69, 9.17) is 9.84 Å². The highest BCUT2D eigenvalue weighted by Crippen LogP contribution is 2.32. The Hall–Kier alpha value is -0.120. The van der Waals surface area contributed by atoms with Crippen LogP contribution in [0.15, 0.2) is 0 Å². The molecule has 2 atom stereocenters. The van der Waals surface area contributed by atoms with Crippen LogP contribution in [0.3, 0.4) is 0 Å². The summed E-state index contributed by atoms with van der Waals surface area (Å²) in [7, 11) is 1.74. The van der Waals surface area contributed by atoms with Gasteiger partial charge >= 0.3 is 0 Å². The van der Waals surface area contributed by atoms with Crippen LogP contribution in [0.4, 0.5) is 0 Å². The summed E-state index contributed by atoms with van der Waals surface area (Å²) < 4.78 is 5.15. The normalized spacial score (nSPS) is 21.5. The second-order valence-electron chi connectivity index (χ2n) is 4.10. The molecule has 0 spiro atoms. The molecule has 0 aliphatic heterocycles. The van der Waals surface area contributed by atoms with Crippen LogP contribution in [0.1, 0.15) is 19.8 Å². The van der Waals surface area contributed by atoms with E-state index in [2.05, 4.69) is 5.32 Å². The molecule has 0 heterocycles. The second-order valence-corrected chi connectivity index (χ2v) is 4.10. The Labute approximate surface area is 80.5 Å². The summed E-state index contributed by atoms with van der Waals surface area (Å²) in [6, 6.07) is 0.499. The Bertz CT molecular complexity index is 137. The van der Waals surface area contributed by atoms with Crippen LogP contribution in [-0.2, 0) is 4.74 Å². The summed E-state index contributed by atoms with van der Waals surface area (Å²) in [5, 5.41) is 12.3. The van der Waals surface area contributed by atoms with Crippen molar-refractivity contribution in [1.29, 1.82) is 0 Å². The lowest BCUT2D eigenvalue weighted by molar-refractivity contribution is 0.150. The zero-order valence-corrected chi connectivity index (χ0v) is 8.62. The summed E-state index contributed by atoms with van der Waals surface area (Å²) in [6.07, 6.45) is 2.66. The topological polar surface area (TPSA) is 41.5 Å². The zero-order chi connectivity index (χ0) is 9.68. The molecule has 1 fully saturated rings. The van der Waals surface area contributed by atoms with Gasteiger partial charge < -0.3 is 15.2 Å². The molecule has 1 aliphatic carbocycles. The van der Waals surface area contributed by atoms with Gasteiger partial charge in [-0.1, -0.05) is 6.92 Å². The van der Waals surface area contributed by atoms with E-state index in [0.717, 1.165) is 19.1 Å². The number of ether oxygens (including phenoxy) is 1. The van der Waals surface area contributed by atoms with E-state index in [0.29, 0.717) is 12.0 Å². The van der Waals surface area contributed by atoms with E-state index < -0.39 is 0 Å². The number of hydrogen-bond donors (Lipinski definition) is 2. The smallest absolute Gasteiger partial charge is 0.0618 e. The van der Waals surface area contributed by atoms with Gasteiger partial charge in [-0.3, -0.25) is 0 Å². The first-order valence-electron chi connectivity index (χ1n) is 5.11. The Kier molecular flexibility index (Phi) is 4.70. The maximum absolute atomic E-state index is 8.86. The van der Waals surface area contributed by atoms with Crippen molar-refractivity contribution < 1.29 is 9.84 Å². The molecular formula is C10H21NO2. The van der Waals surface area contributed by atoms with E-state index in [-0.39, 0.29) is 6.61 Å². The number of nitrogens with one attached hydrogen (secondary N) is 1. The van der Waals surface area contributed by atoms with Gasteiger partial charge in [-0.15, -0.1) is 0 Å². The highest BCUT2D eigenvalue weighted by molar-refractivity contribution is 4.86. The molecule has 0 aromatic rings. The van der Waals surface area contributed by atoms with Gasteiger partial charge in [0.25, 0.3) is 0 Å². The Morgan fingerprint density at radius 1 is 1.54 bits per heavy atom. The summed E-state index contributed by atoms with van der Waals surface area (Å²) in [5.74, 6) is 1.16. The maximum atomic E-state index is 8.86. The van der Waals surface area contributed by atoms with Crippen LogP contribution in [-0.4, -0.2) is 38.0 Å². The highest BCUT2D eigenvalue weighted by atomic mass is 16.5. The molecule has 78 valence electrons. The molecule has 0 aromatic carbocycles. The molecule has 3 heteroatoms. The Morgan fingerprint density at radius 2 is 2.23 bits per heavy atom. The van der Waals surface area contributed by atoms with E-state index in [1.807, 2.05) is 6.92 Å². The quantitative estimate of drug-likeness (QED) is 0.614. The minimum absolute atomic E-state index is 0.261. The largest absolute Gasteiger partial charge is 0.396 e. The molecule has 13 heavy (non-hydrogen) atoms. The number of rotatable bonds is 7. The fourth-order valence-electron chi connectivity index (χ4n) is 1.46. The fraction of sp³-hybridized carbons (Fsp3) is 1.00. The van der Waals surface area contributed by atoms with E-state index in [1.54, 1.807) is 7.11 Å². The van der Waals surface area contributed by atoms with Crippen molar-refractivity contribution in [3.05, 3.63) is 0 Å². The third kappa shape index (κ3) is 4.07. The van der Waals surface area contributed by atoms with Crippen molar-refractivity contribution in [1.82, 2.24) is 5.32 Å². The third-order valence-electron chi connectivity index (χ3n) is 2.58. The van der Waals surface area contributed by atoms with Gasteiger partial charge in [0.2, 0.25) is 0 Å². The van der Waals surface area contributed by atoms with Gasteiger partial charge in [0.05, 0.1) is 6.61 Å².